The number of amides is 1. The third kappa shape index (κ3) is 3.14. The van der Waals surface area contributed by atoms with Gasteiger partial charge in [0.1, 0.15) is 17.1 Å². The first kappa shape index (κ1) is 18.9. The topological polar surface area (TPSA) is 78.8 Å². The monoisotopic (exact) mass is 446 g/mol. The average molecular weight is 448 g/mol. The van der Waals surface area contributed by atoms with Crippen molar-refractivity contribution in [3.05, 3.63) is 21.6 Å². The van der Waals surface area contributed by atoms with Crippen LogP contribution in [-0.2, 0) is 0 Å². The summed E-state index contributed by atoms with van der Waals surface area (Å²) >= 11 is 9.20. The number of aromatic nitrogens is 2. The van der Waals surface area contributed by atoms with E-state index in [4.69, 9.17) is 16.3 Å². The number of halogens is 3. The Morgan fingerprint density at radius 1 is 1.38 bits per heavy atom. The van der Waals surface area contributed by atoms with Crippen molar-refractivity contribution in [3.8, 4) is 5.75 Å². The van der Waals surface area contributed by atoms with Crippen LogP contribution in [0.4, 0.5) is 15.0 Å². The van der Waals surface area contributed by atoms with E-state index in [-0.39, 0.29) is 27.4 Å². The Kier molecular flexibility index (Phi) is 5.12. The van der Waals surface area contributed by atoms with E-state index in [1.54, 1.807) is 6.07 Å². The second-order valence-electron chi connectivity index (χ2n) is 6.20. The summed E-state index contributed by atoms with van der Waals surface area (Å²) < 4.78 is 20.1. The van der Waals surface area contributed by atoms with Crippen LogP contribution in [0.2, 0.25) is 5.28 Å². The number of fused-ring (bicyclic) bond motifs is 1. The van der Waals surface area contributed by atoms with Gasteiger partial charge < -0.3 is 19.6 Å². The summed E-state index contributed by atoms with van der Waals surface area (Å²) in [6.07, 6.45) is -0.966. The minimum atomic E-state index is -0.966. The number of ether oxygens (including phenoxy) is 1. The van der Waals surface area contributed by atoms with E-state index >= 15 is 0 Å². The highest BCUT2D eigenvalue weighted by Gasteiger charge is 2.34. The fourth-order valence-corrected chi connectivity index (χ4v) is 3.82. The zero-order chi connectivity index (χ0) is 19.2. The molecule has 26 heavy (non-hydrogen) atoms. The first-order valence-corrected chi connectivity index (χ1v) is 9.07. The van der Waals surface area contributed by atoms with Crippen molar-refractivity contribution in [2.45, 2.75) is 25.9 Å². The summed E-state index contributed by atoms with van der Waals surface area (Å²) in [5.41, 5.74) is 0.0770. The van der Waals surface area contributed by atoms with Crippen LogP contribution in [0.15, 0.2) is 10.5 Å². The molecular weight excluding hydrogens is 431 g/mol. The number of nitrogens with zero attached hydrogens (tertiary/aromatic N) is 4. The van der Waals surface area contributed by atoms with Crippen LogP contribution < -0.4 is 9.64 Å². The number of anilines is 1. The number of hydrogen-bond donors (Lipinski definition) is 1. The predicted molar refractivity (Wildman–Crippen MR) is 99.8 cm³/mol. The Bertz CT molecular complexity index is 884. The Morgan fingerprint density at radius 3 is 2.69 bits per heavy atom. The highest BCUT2D eigenvalue weighted by molar-refractivity contribution is 9.10. The third-order valence-corrected chi connectivity index (χ3v) is 5.42. The van der Waals surface area contributed by atoms with Gasteiger partial charge in [-0.15, -0.1) is 0 Å². The smallest absolute Gasteiger partial charge is 0.407 e. The maximum atomic E-state index is 14.7. The van der Waals surface area contributed by atoms with Crippen molar-refractivity contribution in [1.29, 1.82) is 0 Å². The van der Waals surface area contributed by atoms with Crippen LogP contribution in [0.3, 0.4) is 0 Å². The standard InChI is InChI=1S/C16H17BrClFN4O3/c1-7-6-23(16(24)25)8(2)5-22(7)14-9-4-10(26-3)11(17)12(19)13(9)20-15(18)21-14/h4,7-8H,5-6H2,1-3H3,(H,24,25). The minimum absolute atomic E-state index is 0.0770. The fraction of sp³-hybridized carbons (Fsp3) is 0.438. The number of benzene rings is 1. The molecule has 10 heteroatoms. The van der Waals surface area contributed by atoms with Crippen molar-refractivity contribution >= 4 is 50.3 Å². The van der Waals surface area contributed by atoms with Crippen molar-refractivity contribution in [2.75, 3.05) is 25.1 Å². The summed E-state index contributed by atoms with van der Waals surface area (Å²) in [7, 11) is 1.44. The van der Waals surface area contributed by atoms with Gasteiger partial charge in [0.15, 0.2) is 5.82 Å². The molecule has 1 amide bonds. The van der Waals surface area contributed by atoms with E-state index < -0.39 is 11.9 Å². The Labute approximate surface area is 162 Å². The van der Waals surface area contributed by atoms with Gasteiger partial charge in [0.2, 0.25) is 5.28 Å². The number of carboxylic acid groups (broad SMARTS) is 1. The first-order valence-electron chi connectivity index (χ1n) is 7.90. The predicted octanol–water partition coefficient (Wildman–Crippen LogP) is 3.77. The summed E-state index contributed by atoms with van der Waals surface area (Å²) in [6, 6.07) is 1.22. The highest BCUT2D eigenvalue weighted by Crippen LogP contribution is 2.38. The van der Waals surface area contributed by atoms with Gasteiger partial charge in [-0.1, -0.05) is 0 Å². The molecular formula is C16H17BrClFN4O3. The Hall–Kier alpha value is -1.87. The molecule has 2 atom stereocenters. The molecule has 0 aliphatic carbocycles. The molecule has 0 radical (unpaired) electrons. The summed E-state index contributed by atoms with van der Waals surface area (Å²) in [6.45, 7) is 4.40. The maximum absolute atomic E-state index is 14.7. The molecule has 2 unspecified atom stereocenters. The van der Waals surface area contributed by atoms with E-state index in [1.807, 2.05) is 18.7 Å². The molecule has 7 nitrogen and oxygen atoms in total. The lowest BCUT2D eigenvalue weighted by Gasteiger charge is -2.43. The normalized spacial score (nSPS) is 20.5. The third-order valence-electron chi connectivity index (χ3n) is 4.51. The zero-order valence-electron chi connectivity index (χ0n) is 14.3. The lowest BCUT2D eigenvalue weighted by Crippen LogP contribution is -2.58. The molecule has 0 spiro atoms. The van der Waals surface area contributed by atoms with Gasteiger partial charge in [-0.25, -0.2) is 14.2 Å². The molecule has 3 rings (SSSR count). The number of piperazine rings is 1. The molecule has 1 aliphatic heterocycles. The van der Waals surface area contributed by atoms with Crippen molar-refractivity contribution in [3.63, 3.8) is 0 Å². The van der Waals surface area contributed by atoms with Crippen molar-refractivity contribution in [2.24, 2.45) is 0 Å². The molecule has 2 heterocycles. The van der Waals surface area contributed by atoms with Crippen LogP contribution >= 0.6 is 27.5 Å². The highest BCUT2D eigenvalue weighted by atomic mass is 79.9. The van der Waals surface area contributed by atoms with Crippen LogP contribution in [0.25, 0.3) is 10.9 Å². The first-order chi connectivity index (χ1) is 12.2. The quantitative estimate of drug-likeness (QED) is 0.706. The molecule has 0 saturated carbocycles. The molecule has 1 aromatic heterocycles. The summed E-state index contributed by atoms with van der Waals surface area (Å²) in [4.78, 5) is 23.0. The minimum Gasteiger partial charge on any atom is -0.495 e. The van der Waals surface area contributed by atoms with Gasteiger partial charge in [0.05, 0.1) is 11.6 Å². The number of methoxy groups -OCH3 is 1. The Balaban J connectivity index is 2.16. The van der Waals surface area contributed by atoms with E-state index in [1.165, 1.54) is 12.0 Å². The lowest BCUT2D eigenvalue weighted by atomic mass is 10.1. The van der Waals surface area contributed by atoms with Gasteiger partial charge in [-0.3, -0.25) is 0 Å². The second-order valence-corrected chi connectivity index (χ2v) is 7.34. The van der Waals surface area contributed by atoms with Crippen molar-refractivity contribution < 1.29 is 19.0 Å². The number of rotatable bonds is 2. The van der Waals surface area contributed by atoms with Gasteiger partial charge in [-0.05, 0) is 47.4 Å². The largest absolute Gasteiger partial charge is 0.495 e. The Morgan fingerprint density at radius 2 is 2.08 bits per heavy atom. The van der Waals surface area contributed by atoms with E-state index in [9.17, 15) is 14.3 Å². The van der Waals surface area contributed by atoms with Crippen LogP contribution in [0.1, 0.15) is 13.8 Å². The van der Waals surface area contributed by atoms with Crippen LogP contribution in [0.5, 0.6) is 5.75 Å². The van der Waals surface area contributed by atoms with Gasteiger partial charge in [-0.2, -0.15) is 4.98 Å². The average Bonchev–Trinajstić information content (AvgIpc) is 2.59. The van der Waals surface area contributed by atoms with E-state index in [0.717, 1.165) is 0 Å². The van der Waals surface area contributed by atoms with Gasteiger partial charge in [0, 0.05) is 30.6 Å². The SMILES string of the molecule is COc1cc2c(N3CC(C)N(C(=O)O)CC3C)nc(Cl)nc2c(F)c1Br. The molecule has 2 aromatic rings. The van der Waals surface area contributed by atoms with Crippen molar-refractivity contribution in [1.82, 2.24) is 14.9 Å². The summed E-state index contributed by atoms with van der Waals surface area (Å²) in [5.74, 6) is 0.177. The molecule has 0 bridgehead atoms. The van der Waals surface area contributed by atoms with Crippen LogP contribution in [-0.4, -0.2) is 58.4 Å². The van der Waals surface area contributed by atoms with Crippen LogP contribution in [0, 0.1) is 5.82 Å². The fourth-order valence-electron chi connectivity index (χ4n) is 3.19. The molecule has 1 fully saturated rings. The second kappa shape index (κ2) is 7.03. The molecule has 1 aliphatic rings. The molecule has 1 saturated heterocycles. The maximum Gasteiger partial charge on any atom is 0.407 e. The van der Waals surface area contributed by atoms with Gasteiger partial charge >= 0.3 is 6.09 Å². The molecule has 140 valence electrons. The molecule has 1 aromatic carbocycles. The zero-order valence-corrected chi connectivity index (χ0v) is 16.7. The number of hydrogen-bond acceptors (Lipinski definition) is 5. The van der Waals surface area contributed by atoms with Gasteiger partial charge in [0.25, 0.3) is 0 Å². The van der Waals surface area contributed by atoms with E-state index in [0.29, 0.717) is 30.0 Å². The lowest BCUT2D eigenvalue weighted by molar-refractivity contribution is 0.114. The number of carbonyl (C=O) groups is 1. The van der Waals surface area contributed by atoms with E-state index in [2.05, 4.69) is 25.9 Å². The summed E-state index contributed by atoms with van der Waals surface area (Å²) in [5, 5.41) is 9.70. The molecule has 1 N–H and O–H groups in total.